The SMILES string of the molecule is CC(O)C=NNc1ccccc1. The van der Waals surface area contributed by atoms with Crippen molar-refractivity contribution in [2.24, 2.45) is 5.10 Å². The Labute approximate surface area is 71.7 Å². The fourth-order valence-electron chi connectivity index (χ4n) is 0.732. The topological polar surface area (TPSA) is 44.6 Å². The van der Waals surface area contributed by atoms with Crippen LogP contribution in [-0.4, -0.2) is 17.4 Å². The van der Waals surface area contributed by atoms with Gasteiger partial charge >= 0.3 is 0 Å². The van der Waals surface area contributed by atoms with E-state index in [-0.39, 0.29) is 0 Å². The fourth-order valence-corrected chi connectivity index (χ4v) is 0.732. The Balaban J connectivity index is 2.43. The number of rotatable bonds is 3. The normalized spacial score (nSPS) is 13.2. The number of aliphatic hydroxyl groups is 1. The average molecular weight is 164 g/mol. The van der Waals surface area contributed by atoms with E-state index >= 15 is 0 Å². The first kappa shape index (κ1) is 8.74. The Morgan fingerprint density at radius 1 is 1.42 bits per heavy atom. The molecule has 1 atom stereocenters. The highest BCUT2D eigenvalue weighted by molar-refractivity contribution is 5.63. The van der Waals surface area contributed by atoms with Crippen LogP contribution in [0.5, 0.6) is 0 Å². The van der Waals surface area contributed by atoms with Crippen molar-refractivity contribution in [3.8, 4) is 0 Å². The molecule has 0 amide bonds. The third kappa shape index (κ3) is 3.16. The van der Waals surface area contributed by atoms with Crippen LogP contribution in [0.2, 0.25) is 0 Å². The number of hydrogen-bond acceptors (Lipinski definition) is 3. The van der Waals surface area contributed by atoms with Crippen molar-refractivity contribution < 1.29 is 5.11 Å². The fraction of sp³-hybridized carbons (Fsp3) is 0.222. The van der Waals surface area contributed by atoms with E-state index in [4.69, 9.17) is 5.11 Å². The van der Waals surface area contributed by atoms with Crippen LogP contribution in [0.1, 0.15) is 6.92 Å². The minimum Gasteiger partial charge on any atom is -0.388 e. The van der Waals surface area contributed by atoms with Gasteiger partial charge in [-0.05, 0) is 19.1 Å². The van der Waals surface area contributed by atoms with Gasteiger partial charge in [-0.15, -0.1) is 0 Å². The first-order valence-corrected chi connectivity index (χ1v) is 3.81. The Hall–Kier alpha value is -1.35. The Bertz CT molecular complexity index is 244. The molecule has 1 rings (SSSR count). The van der Waals surface area contributed by atoms with E-state index in [0.717, 1.165) is 5.69 Å². The third-order valence-electron chi connectivity index (χ3n) is 1.26. The predicted molar refractivity (Wildman–Crippen MR) is 50.2 cm³/mol. The van der Waals surface area contributed by atoms with Gasteiger partial charge in [0, 0.05) is 0 Å². The molecule has 0 saturated carbocycles. The minimum atomic E-state index is -0.513. The molecular weight excluding hydrogens is 152 g/mol. The summed E-state index contributed by atoms with van der Waals surface area (Å²) in [6.07, 6.45) is 0.925. The molecule has 0 fully saturated rings. The standard InChI is InChI=1S/C9H12N2O/c1-8(12)7-10-11-9-5-3-2-4-6-9/h2-8,11-12H,1H3. The summed E-state index contributed by atoms with van der Waals surface area (Å²) in [5.74, 6) is 0. The molecule has 0 radical (unpaired) electrons. The van der Waals surface area contributed by atoms with Crippen molar-refractivity contribution in [3.05, 3.63) is 30.3 Å². The van der Waals surface area contributed by atoms with Gasteiger partial charge in [0.2, 0.25) is 0 Å². The predicted octanol–water partition coefficient (Wildman–Crippen LogP) is 1.47. The molecule has 0 bridgehead atoms. The van der Waals surface area contributed by atoms with Gasteiger partial charge in [-0.1, -0.05) is 18.2 Å². The van der Waals surface area contributed by atoms with Crippen molar-refractivity contribution in [2.75, 3.05) is 5.43 Å². The summed E-state index contributed by atoms with van der Waals surface area (Å²) in [7, 11) is 0. The van der Waals surface area contributed by atoms with Crippen molar-refractivity contribution in [1.82, 2.24) is 0 Å². The Morgan fingerprint density at radius 2 is 2.08 bits per heavy atom. The maximum Gasteiger partial charge on any atom is 0.0880 e. The largest absolute Gasteiger partial charge is 0.388 e. The van der Waals surface area contributed by atoms with Gasteiger partial charge in [0.1, 0.15) is 0 Å². The molecule has 2 N–H and O–H groups in total. The van der Waals surface area contributed by atoms with Gasteiger partial charge in [-0.25, -0.2) is 0 Å². The molecule has 3 heteroatoms. The van der Waals surface area contributed by atoms with Gasteiger partial charge in [0.05, 0.1) is 18.0 Å². The minimum absolute atomic E-state index is 0.513. The molecule has 64 valence electrons. The van der Waals surface area contributed by atoms with E-state index in [1.54, 1.807) is 6.92 Å². The first-order chi connectivity index (χ1) is 5.79. The lowest BCUT2D eigenvalue weighted by molar-refractivity contribution is 0.267. The molecule has 0 aliphatic rings. The highest BCUT2D eigenvalue weighted by Crippen LogP contribution is 2.03. The number of benzene rings is 1. The molecule has 0 aromatic heterocycles. The van der Waals surface area contributed by atoms with Crippen molar-refractivity contribution >= 4 is 11.9 Å². The van der Waals surface area contributed by atoms with E-state index in [9.17, 15) is 0 Å². The van der Waals surface area contributed by atoms with E-state index in [1.807, 2.05) is 30.3 Å². The molecule has 12 heavy (non-hydrogen) atoms. The molecular formula is C9H12N2O. The van der Waals surface area contributed by atoms with Crippen LogP contribution in [0.3, 0.4) is 0 Å². The Kier molecular flexibility index (Phi) is 3.29. The van der Waals surface area contributed by atoms with Crippen LogP contribution < -0.4 is 5.43 Å². The van der Waals surface area contributed by atoms with Gasteiger partial charge in [-0.3, -0.25) is 5.43 Å². The summed E-state index contributed by atoms with van der Waals surface area (Å²) in [4.78, 5) is 0. The summed E-state index contributed by atoms with van der Waals surface area (Å²) in [5.41, 5.74) is 3.70. The number of hydrogen-bond donors (Lipinski definition) is 2. The molecule has 0 heterocycles. The summed E-state index contributed by atoms with van der Waals surface area (Å²) >= 11 is 0. The van der Waals surface area contributed by atoms with Gasteiger partial charge in [0.25, 0.3) is 0 Å². The van der Waals surface area contributed by atoms with E-state index in [1.165, 1.54) is 6.21 Å². The smallest absolute Gasteiger partial charge is 0.0880 e. The van der Waals surface area contributed by atoms with Crippen LogP contribution in [0.15, 0.2) is 35.4 Å². The summed E-state index contributed by atoms with van der Waals surface area (Å²) in [6, 6.07) is 9.57. The van der Waals surface area contributed by atoms with Crippen LogP contribution in [0.4, 0.5) is 5.69 Å². The zero-order valence-corrected chi connectivity index (χ0v) is 6.94. The van der Waals surface area contributed by atoms with Crippen LogP contribution in [-0.2, 0) is 0 Å². The quantitative estimate of drug-likeness (QED) is 0.524. The molecule has 0 aliphatic heterocycles. The summed E-state index contributed by atoms with van der Waals surface area (Å²) < 4.78 is 0. The third-order valence-corrected chi connectivity index (χ3v) is 1.26. The molecule has 1 unspecified atom stereocenters. The maximum atomic E-state index is 8.84. The van der Waals surface area contributed by atoms with E-state index in [0.29, 0.717) is 0 Å². The molecule has 1 aromatic carbocycles. The lowest BCUT2D eigenvalue weighted by Crippen LogP contribution is -2.02. The highest BCUT2D eigenvalue weighted by Gasteiger charge is 1.86. The number of nitrogens with zero attached hydrogens (tertiary/aromatic N) is 1. The Morgan fingerprint density at radius 3 is 2.67 bits per heavy atom. The molecule has 3 nitrogen and oxygen atoms in total. The number of anilines is 1. The molecule has 0 saturated heterocycles. The molecule has 0 spiro atoms. The van der Waals surface area contributed by atoms with Crippen LogP contribution in [0, 0.1) is 0 Å². The van der Waals surface area contributed by atoms with E-state index in [2.05, 4.69) is 10.5 Å². The lowest BCUT2D eigenvalue weighted by atomic mass is 10.3. The zero-order valence-electron chi connectivity index (χ0n) is 6.94. The number of nitrogens with one attached hydrogen (secondary N) is 1. The van der Waals surface area contributed by atoms with Crippen LogP contribution in [0.25, 0.3) is 0 Å². The van der Waals surface area contributed by atoms with Gasteiger partial charge < -0.3 is 5.11 Å². The van der Waals surface area contributed by atoms with Crippen LogP contribution >= 0.6 is 0 Å². The van der Waals surface area contributed by atoms with Crippen molar-refractivity contribution in [2.45, 2.75) is 13.0 Å². The van der Waals surface area contributed by atoms with Gasteiger partial charge in [-0.2, -0.15) is 5.10 Å². The summed E-state index contributed by atoms with van der Waals surface area (Å²) in [5, 5.41) is 12.7. The molecule has 0 aliphatic carbocycles. The van der Waals surface area contributed by atoms with Crippen molar-refractivity contribution in [3.63, 3.8) is 0 Å². The van der Waals surface area contributed by atoms with Crippen molar-refractivity contribution in [1.29, 1.82) is 0 Å². The lowest BCUT2D eigenvalue weighted by Gasteiger charge is -1.98. The zero-order chi connectivity index (χ0) is 8.81. The highest BCUT2D eigenvalue weighted by atomic mass is 16.3. The monoisotopic (exact) mass is 164 g/mol. The van der Waals surface area contributed by atoms with Gasteiger partial charge in [0.15, 0.2) is 0 Å². The first-order valence-electron chi connectivity index (χ1n) is 3.81. The second-order valence-electron chi connectivity index (χ2n) is 2.50. The van der Waals surface area contributed by atoms with E-state index < -0.39 is 6.10 Å². The average Bonchev–Trinajstić information content (AvgIpc) is 2.05. The second-order valence-corrected chi connectivity index (χ2v) is 2.50. The number of aliphatic hydroxyl groups excluding tert-OH is 1. The number of para-hydroxylation sites is 1. The molecule has 1 aromatic rings. The summed E-state index contributed by atoms with van der Waals surface area (Å²) in [6.45, 7) is 1.65. The number of hydrazone groups is 1. The maximum absolute atomic E-state index is 8.84. The second kappa shape index (κ2) is 4.51.